The highest BCUT2D eigenvalue weighted by Gasteiger charge is 2.23. The van der Waals surface area contributed by atoms with Crippen LogP contribution >= 0.6 is 0 Å². The molecular formula is C11H18F3N. The van der Waals surface area contributed by atoms with Gasteiger partial charge in [-0.05, 0) is 12.8 Å². The van der Waals surface area contributed by atoms with Gasteiger partial charge >= 0.3 is 6.18 Å². The zero-order valence-electron chi connectivity index (χ0n) is 9.32. The fourth-order valence-corrected chi connectivity index (χ4v) is 1.06. The molecule has 0 aliphatic rings. The average Bonchev–Trinajstić information content (AvgIpc) is 2.15. The zero-order valence-corrected chi connectivity index (χ0v) is 9.32. The molecular weight excluding hydrogens is 203 g/mol. The van der Waals surface area contributed by atoms with E-state index in [1.54, 1.807) is 4.90 Å². The van der Waals surface area contributed by atoms with Crippen LogP contribution in [0.25, 0.3) is 0 Å². The Balaban J connectivity index is 4.14. The van der Waals surface area contributed by atoms with Crippen molar-refractivity contribution in [2.45, 2.75) is 45.7 Å². The molecule has 0 fully saturated rings. The topological polar surface area (TPSA) is 3.24 Å². The van der Waals surface area contributed by atoms with Crippen LogP contribution in [0, 0.1) is 12.0 Å². The molecule has 1 nitrogen and oxygen atoms in total. The van der Waals surface area contributed by atoms with Gasteiger partial charge in [-0.2, -0.15) is 13.2 Å². The molecule has 0 N–H and O–H groups in total. The van der Waals surface area contributed by atoms with Crippen molar-refractivity contribution in [3.63, 3.8) is 0 Å². The SMILES string of the molecule is CCCCN(C#CC(F)(F)F)CCCC. The lowest BCUT2D eigenvalue weighted by Gasteiger charge is -2.16. The molecule has 0 bridgehead atoms. The molecule has 0 aromatic rings. The van der Waals surface area contributed by atoms with Crippen LogP contribution in [-0.2, 0) is 0 Å². The third-order valence-corrected chi connectivity index (χ3v) is 1.92. The lowest BCUT2D eigenvalue weighted by Crippen LogP contribution is -2.21. The van der Waals surface area contributed by atoms with Gasteiger partial charge in [-0.1, -0.05) is 26.7 Å². The minimum atomic E-state index is -4.38. The molecule has 0 saturated carbocycles. The summed E-state index contributed by atoms with van der Waals surface area (Å²) >= 11 is 0. The van der Waals surface area contributed by atoms with Crippen LogP contribution in [0.5, 0.6) is 0 Å². The smallest absolute Gasteiger partial charge is 0.332 e. The normalized spacial score (nSPS) is 10.7. The molecule has 0 aromatic carbocycles. The average molecular weight is 221 g/mol. The predicted octanol–water partition coefficient (Wildman–Crippen LogP) is 3.41. The third-order valence-electron chi connectivity index (χ3n) is 1.92. The maximum Gasteiger partial charge on any atom is 0.459 e. The van der Waals surface area contributed by atoms with E-state index in [0.717, 1.165) is 25.7 Å². The summed E-state index contributed by atoms with van der Waals surface area (Å²) in [5.41, 5.74) is 0. The van der Waals surface area contributed by atoms with Crippen molar-refractivity contribution in [1.29, 1.82) is 0 Å². The van der Waals surface area contributed by atoms with E-state index in [-0.39, 0.29) is 0 Å². The van der Waals surface area contributed by atoms with Crippen molar-refractivity contribution < 1.29 is 13.2 Å². The molecule has 88 valence electrons. The van der Waals surface area contributed by atoms with Gasteiger partial charge in [0, 0.05) is 25.1 Å². The summed E-state index contributed by atoms with van der Waals surface area (Å²) in [4.78, 5) is 1.57. The second kappa shape index (κ2) is 7.44. The van der Waals surface area contributed by atoms with Gasteiger partial charge in [0.05, 0.1) is 0 Å². The maximum atomic E-state index is 11.9. The van der Waals surface area contributed by atoms with Gasteiger partial charge in [0.15, 0.2) is 0 Å². The second-order valence-corrected chi connectivity index (χ2v) is 3.43. The van der Waals surface area contributed by atoms with Crippen molar-refractivity contribution in [3.05, 3.63) is 0 Å². The van der Waals surface area contributed by atoms with Crippen molar-refractivity contribution in [2.75, 3.05) is 13.1 Å². The van der Waals surface area contributed by atoms with E-state index in [9.17, 15) is 13.2 Å². The monoisotopic (exact) mass is 221 g/mol. The summed E-state index contributed by atoms with van der Waals surface area (Å²) in [5.74, 6) is 1.32. The van der Waals surface area contributed by atoms with Crippen LogP contribution in [0.4, 0.5) is 13.2 Å². The second-order valence-electron chi connectivity index (χ2n) is 3.43. The number of hydrogen-bond acceptors (Lipinski definition) is 1. The summed E-state index contributed by atoms with van der Waals surface area (Å²) in [5, 5.41) is 0. The molecule has 0 aliphatic carbocycles. The molecule has 0 spiro atoms. The Labute approximate surface area is 89.6 Å². The lowest BCUT2D eigenvalue weighted by atomic mass is 10.3. The fraction of sp³-hybridized carbons (Fsp3) is 0.818. The van der Waals surface area contributed by atoms with Gasteiger partial charge in [-0.3, -0.25) is 0 Å². The highest BCUT2D eigenvalue weighted by atomic mass is 19.4. The first-order valence-electron chi connectivity index (χ1n) is 5.34. The van der Waals surface area contributed by atoms with E-state index in [4.69, 9.17) is 0 Å². The minimum absolute atomic E-state index is 0.625. The van der Waals surface area contributed by atoms with Crippen LogP contribution in [-0.4, -0.2) is 24.2 Å². The van der Waals surface area contributed by atoms with Gasteiger partial charge in [0.1, 0.15) is 0 Å². The molecule has 0 heterocycles. The van der Waals surface area contributed by atoms with Crippen LogP contribution in [0.2, 0.25) is 0 Å². The highest BCUT2D eigenvalue weighted by Crippen LogP contribution is 2.12. The van der Waals surface area contributed by atoms with Gasteiger partial charge < -0.3 is 4.90 Å². The van der Waals surface area contributed by atoms with Crippen LogP contribution in [0.1, 0.15) is 39.5 Å². The number of nitrogens with zero attached hydrogens (tertiary/aromatic N) is 1. The van der Waals surface area contributed by atoms with Gasteiger partial charge in [-0.15, -0.1) is 0 Å². The molecule has 15 heavy (non-hydrogen) atoms. The van der Waals surface area contributed by atoms with E-state index in [1.165, 1.54) is 5.92 Å². The molecule has 0 saturated heterocycles. The van der Waals surface area contributed by atoms with E-state index >= 15 is 0 Å². The Hall–Kier alpha value is -0.850. The predicted molar refractivity (Wildman–Crippen MR) is 55.2 cm³/mol. The Kier molecular flexibility index (Phi) is 7.02. The molecule has 0 radical (unpaired) electrons. The first-order valence-corrected chi connectivity index (χ1v) is 5.34. The lowest BCUT2D eigenvalue weighted by molar-refractivity contribution is -0.0700. The van der Waals surface area contributed by atoms with Crippen molar-refractivity contribution in [3.8, 4) is 12.0 Å². The fourth-order valence-electron chi connectivity index (χ4n) is 1.06. The quantitative estimate of drug-likeness (QED) is 0.490. The summed E-state index contributed by atoms with van der Waals surface area (Å²) < 4.78 is 35.6. The molecule has 0 rings (SSSR count). The number of unbranched alkanes of at least 4 members (excludes halogenated alkanes) is 2. The molecule has 0 aromatic heterocycles. The standard InChI is InChI=1S/C11H18F3N/c1-3-5-8-15(9-6-4-2)10-7-11(12,13)14/h3-6,8-9H2,1-2H3. The summed E-state index contributed by atoms with van der Waals surface area (Å²) in [6.07, 6.45) is -0.671. The summed E-state index contributed by atoms with van der Waals surface area (Å²) in [7, 11) is 0. The van der Waals surface area contributed by atoms with E-state index in [1.807, 2.05) is 13.8 Å². The third kappa shape index (κ3) is 9.45. The van der Waals surface area contributed by atoms with Crippen molar-refractivity contribution >= 4 is 0 Å². The molecule has 4 heteroatoms. The number of hydrogen-bond donors (Lipinski definition) is 0. The molecule has 0 atom stereocenters. The Morgan fingerprint density at radius 3 is 1.80 bits per heavy atom. The largest absolute Gasteiger partial charge is 0.459 e. The Morgan fingerprint density at radius 1 is 1.00 bits per heavy atom. The van der Waals surface area contributed by atoms with E-state index < -0.39 is 6.18 Å². The van der Waals surface area contributed by atoms with E-state index in [0.29, 0.717) is 13.1 Å². The Bertz CT molecular complexity index is 204. The molecule has 0 amide bonds. The first-order chi connectivity index (χ1) is 6.99. The summed E-state index contributed by atoms with van der Waals surface area (Å²) in [6.45, 7) is 5.27. The van der Waals surface area contributed by atoms with Gasteiger partial charge in [0.2, 0.25) is 0 Å². The Morgan fingerprint density at radius 2 is 1.47 bits per heavy atom. The minimum Gasteiger partial charge on any atom is -0.332 e. The van der Waals surface area contributed by atoms with E-state index in [2.05, 4.69) is 6.04 Å². The summed E-state index contributed by atoms with van der Waals surface area (Å²) in [6, 6.07) is 2.19. The maximum absolute atomic E-state index is 11.9. The number of halogens is 3. The highest BCUT2D eigenvalue weighted by molar-refractivity contribution is 5.04. The number of alkyl halides is 3. The van der Waals surface area contributed by atoms with Gasteiger partial charge in [-0.25, -0.2) is 0 Å². The van der Waals surface area contributed by atoms with Crippen LogP contribution < -0.4 is 0 Å². The first kappa shape index (κ1) is 14.2. The number of rotatable bonds is 6. The van der Waals surface area contributed by atoms with Crippen molar-refractivity contribution in [1.82, 2.24) is 4.90 Å². The van der Waals surface area contributed by atoms with Crippen LogP contribution in [0.15, 0.2) is 0 Å². The molecule has 0 aliphatic heterocycles. The van der Waals surface area contributed by atoms with Gasteiger partial charge in [0.25, 0.3) is 0 Å². The zero-order chi connectivity index (χ0) is 11.7. The molecule has 0 unspecified atom stereocenters. The van der Waals surface area contributed by atoms with Crippen LogP contribution in [0.3, 0.4) is 0 Å². The van der Waals surface area contributed by atoms with Crippen molar-refractivity contribution in [2.24, 2.45) is 0 Å².